The first-order valence-electron chi connectivity index (χ1n) is 6.21. The fourth-order valence-corrected chi connectivity index (χ4v) is 1.37. The van der Waals surface area contributed by atoms with Crippen LogP contribution in [0, 0.1) is 11.2 Å². The highest BCUT2D eigenvalue weighted by molar-refractivity contribution is 6.00. The van der Waals surface area contributed by atoms with E-state index in [-0.39, 0.29) is 22.7 Å². The van der Waals surface area contributed by atoms with Crippen LogP contribution in [0.5, 0.6) is 0 Å². The molecule has 110 valence electrons. The van der Waals surface area contributed by atoms with Crippen molar-refractivity contribution < 1.29 is 19.1 Å². The highest BCUT2D eigenvalue weighted by Crippen LogP contribution is 2.20. The number of nitrogens with one attached hydrogen (secondary N) is 2. The first-order chi connectivity index (χ1) is 9.11. The monoisotopic (exact) mass is 282 g/mol. The Morgan fingerprint density at radius 3 is 2.40 bits per heavy atom. The molecular formula is C14H19FN2O3. The fraction of sp³-hybridized carbons (Fsp3) is 0.429. The lowest BCUT2D eigenvalue weighted by molar-refractivity contribution is 0.0697. The molecule has 0 heterocycles. The molecule has 1 rings (SSSR count). The Balaban J connectivity index is 2.84. The molecular weight excluding hydrogens is 263 g/mol. The topological polar surface area (TPSA) is 78.4 Å². The fourth-order valence-electron chi connectivity index (χ4n) is 1.37. The number of halogens is 1. The van der Waals surface area contributed by atoms with E-state index in [2.05, 4.69) is 10.6 Å². The van der Waals surface area contributed by atoms with Crippen molar-refractivity contribution >= 4 is 17.7 Å². The van der Waals surface area contributed by atoms with E-state index in [1.807, 2.05) is 27.7 Å². The Morgan fingerprint density at radius 1 is 1.30 bits per heavy atom. The van der Waals surface area contributed by atoms with Gasteiger partial charge in [-0.3, -0.25) is 0 Å². The third kappa shape index (κ3) is 4.22. The van der Waals surface area contributed by atoms with E-state index in [4.69, 9.17) is 5.11 Å². The molecule has 1 aromatic carbocycles. The van der Waals surface area contributed by atoms with E-state index in [9.17, 15) is 14.0 Å². The Kier molecular flexibility index (Phi) is 4.70. The summed E-state index contributed by atoms with van der Waals surface area (Å²) in [7, 11) is 0. The van der Waals surface area contributed by atoms with Gasteiger partial charge in [0.2, 0.25) is 0 Å². The van der Waals surface area contributed by atoms with Crippen LogP contribution in [-0.2, 0) is 0 Å². The van der Waals surface area contributed by atoms with Gasteiger partial charge in [-0.25, -0.2) is 14.0 Å². The van der Waals surface area contributed by atoms with Crippen LogP contribution in [0.2, 0.25) is 0 Å². The highest BCUT2D eigenvalue weighted by atomic mass is 19.1. The minimum absolute atomic E-state index is 0.0532. The van der Waals surface area contributed by atoms with Crippen molar-refractivity contribution in [1.82, 2.24) is 5.32 Å². The summed E-state index contributed by atoms with van der Waals surface area (Å²) in [6.45, 7) is 7.76. The third-order valence-electron chi connectivity index (χ3n) is 3.11. The standard InChI is InChI=1S/C14H19FN2O3/c1-8(14(2,3)4)16-13(20)17-11-6-5-9(15)7-10(11)12(18)19/h5-8H,1-4H3,(H,18,19)(H2,16,17,20). The summed E-state index contributed by atoms with van der Waals surface area (Å²) in [4.78, 5) is 22.8. The van der Waals surface area contributed by atoms with Gasteiger partial charge in [0.05, 0.1) is 11.3 Å². The van der Waals surface area contributed by atoms with Gasteiger partial charge >= 0.3 is 12.0 Å². The van der Waals surface area contributed by atoms with E-state index in [1.54, 1.807) is 0 Å². The number of anilines is 1. The van der Waals surface area contributed by atoms with Gasteiger partial charge in [-0.2, -0.15) is 0 Å². The molecule has 0 aliphatic carbocycles. The highest BCUT2D eigenvalue weighted by Gasteiger charge is 2.22. The molecule has 0 fully saturated rings. The van der Waals surface area contributed by atoms with Gasteiger partial charge in [0.15, 0.2) is 0 Å². The predicted octanol–water partition coefficient (Wildman–Crippen LogP) is 3.08. The Hall–Kier alpha value is -2.11. The van der Waals surface area contributed by atoms with E-state index in [1.165, 1.54) is 6.07 Å². The molecule has 0 spiro atoms. The summed E-state index contributed by atoms with van der Waals surface area (Å²) in [5, 5.41) is 14.1. The molecule has 1 unspecified atom stereocenters. The second-order valence-corrected chi connectivity index (χ2v) is 5.68. The second kappa shape index (κ2) is 5.90. The smallest absolute Gasteiger partial charge is 0.337 e. The lowest BCUT2D eigenvalue weighted by atomic mass is 9.88. The number of rotatable bonds is 3. The molecule has 0 aliphatic heterocycles. The van der Waals surface area contributed by atoms with Crippen molar-refractivity contribution in [2.75, 3.05) is 5.32 Å². The molecule has 0 bridgehead atoms. The number of urea groups is 1. The van der Waals surface area contributed by atoms with Crippen molar-refractivity contribution in [1.29, 1.82) is 0 Å². The maximum absolute atomic E-state index is 13.0. The summed E-state index contributed by atoms with van der Waals surface area (Å²) >= 11 is 0. The van der Waals surface area contributed by atoms with Crippen molar-refractivity contribution in [3.63, 3.8) is 0 Å². The van der Waals surface area contributed by atoms with Gasteiger partial charge in [-0.1, -0.05) is 20.8 Å². The predicted molar refractivity (Wildman–Crippen MR) is 74.4 cm³/mol. The summed E-state index contributed by atoms with van der Waals surface area (Å²) in [5.74, 6) is -1.97. The van der Waals surface area contributed by atoms with Crippen LogP contribution < -0.4 is 10.6 Å². The minimum Gasteiger partial charge on any atom is -0.478 e. The first kappa shape index (κ1) is 15.9. The SMILES string of the molecule is CC(NC(=O)Nc1ccc(F)cc1C(=O)O)C(C)(C)C. The number of hydrogen-bond acceptors (Lipinski definition) is 2. The second-order valence-electron chi connectivity index (χ2n) is 5.68. The van der Waals surface area contributed by atoms with Crippen LogP contribution >= 0.6 is 0 Å². The largest absolute Gasteiger partial charge is 0.478 e. The van der Waals surface area contributed by atoms with Crippen LogP contribution in [-0.4, -0.2) is 23.1 Å². The number of carbonyl (C=O) groups excluding carboxylic acids is 1. The van der Waals surface area contributed by atoms with Crippen LogP contribution in [0.25, 0.3) is 0 Å². The zero-order valence-electron chi connectivity index (χ0n) is 12.0. The molecule has 0 saturated heterocycles. The number of benzene rings is 1. The molecule has 1 aromatic rings. The van der Waals surface area contributed by atoms with Gasteiger partial charge in [0.25, 0.3) is 0 Å². The minimum atomic E-state index is -1.30. The lowest BCUT2D eigenvalue weighted by Gasteiger charge is -2.28. The quantitative estimate of drug-likeness (QED) is 0.797. The van der Waals surface area contributed by atoms with Crippen molar-refractivity contribution in [2.45, 2.75) is 33.7 Å². The number of amides is 2. The van der Waals surface area contributed by atoms with Crippen LogP contribution in [0.4, 0.5) is 14.9 Å². The van der Waals surface area contributed by atoms with E-state index in [0.717, 1.165) is 12.1 Å². The average molecular weight is 282 g/mol. The number of carboxylic acids is 1. The average Bonchev–Trinajstić information content (AvgIpc) is 2.29. The van der Waals surface area contributed by atoms with Gasteiger partial charge in [0, 0.05) is 6.04 Å². The summed E-state index contributed by atoms with van der Waals surface area (Å²) in [5.41, 5.74) is -0.364. The van der Waals surface area contributed by atoms with Gasteiger partial charge in [-0.15, -0.1) is 0 Å². The molecule has 20 heavy (non-hydrogen) atoms. The number of aromatic carboxylic acids is 1. The molecule has 1 atom stereocenters. The third-order valence-corrected chi connectivity index (χ3v) is 3.11. The van der Waals surface area contributed by atoms with Crippen LogP contribution in [0.3, 0.4) is 0 Å². The number of hydrogen-bond donors (Lipinski definition) is 3. The normalized spacial score (nSPS) is 12.7. The zero-order valence-corrected chi connectivity index (χ0v) is 12.0. The maximum atomic E-state index is 13.0. The molecule has 0 aromatic heterocycles. The van der Waals surface area contributed by atoms with Gasteiger partial charge in [-0.05, 0) is 30.5 Å². The Bertz CT molecular complexity index is 524. The molecule has 6 heteroatoms. The molecule has 5 nitrogen and oxygen atoms in total. The molecule has 2 amide bonds. The van der Waals surface area contributed by atoms with E-state index in [0.29, 0.717) is 0 Å². The van der Waals surface area contributed by atoms with Crippen molar-refractivity contribution in [3.8, 4) is 0 Å². The van der Waals surface area contributed by atoms with Crippen molar-refractivity contribution in [2.24, 2.45) is 5.41 Å². The summed E-state index contributed by atoms with van der Waals surface area (Å²) in [6, 6.07) is 2.54. The number of carboxylic acid groups (broad SMARTS) is 1. The summed E-state index contributed by atoms with van der Waals surface area (Å²) in [6.07, 6.45) is 0. The lowest BCUT2D eigenvalue weighted by Crippen LogP contribution is -2.43. The van der Waals surface area contributed by atoms with Gasteiger partial charge < -0.3 is 15.7 Å². The van der Waals surface area contributed by atoms with E-state index < -0.39 is 17.8 Å². The maximum Gasteiger partial charge on any atom is 0.337 e. The molecule has 3 N–H and O–H groups in total. The van der Waals surface area contributed by atoms with E-state index >= 15 is 0 Å². The Labute approximate surface area is 117 Å². The molecule has 0 radical (unpaired) electrons. The number of carbonyl (C=O) groups is 2. The molecule has 0 saturated carbocycles. The van der Waals surface area contributed by atoms with Crippen LogP contribution in [0.1, 0.15) is 38.1 Å². The zero-order chi connectivity index (χ0) is 15.5. The van der Waals surface area contributed by atoms with Crippen molar-refractivity contribution in [3.05, 3.63) is 29.6 Å². The summed E-state index contributed by atoms with van der Waals surface area (Å²) < 4.78 is 13.0. The van der Waals surface area contributed by atoms with Crippen LogP contribution in [0.15, 0.2) is 18.2 Å². The Morgan fingerprint density at radius 2 is 1.90 bits per heavy atom. The van der Waals surface area contributed by atoms with Gasteiger partial charge in [0.1, 0.15) is 5.82 Å². The first-order valence-corrected chi connectivity index (χ1v) is 6.21. The molecule has 0 aliphatic rings.